The second-order valence-corrected chi connectivity index (χ2v) is 9.74. The first-order valence-electron chi connectivity index (χ1n) is 10.2. The molecule has 0 aliphatic carbocycles. The molecule has 2 amide bonds. The third-order valence-electron chi connectivity index (χ3n) is 5.92. The van der Waals surface area contributed by atoms with E-state index in [9.17, 15) is 22.8 Å². The van der Waals surface area contributed by atoms with Crippen LogP contribution in [-0.4, -0.2) is 62.5 Å². The summed E-state index contributed by atoms with van der Waals surface area (Å²) in [7, 11) is -3.57. The van der Waals surface area contributed by atoms with Crippen LogP contribution in [-0.2, 0) is 19.6 Å². The number of hydrogen-bond acceptors (Lipinski definition) is 5. The summed E-state index contributed by atoms with van der Waals surface area (Å²) >= 11 is 0. The molecule has 1 atom stereocenters. The fourth-order valence-electron chi connectivity index (χ4n) is 4.17. The van der Waals surface area contributed by atoms with Gasteiger partial charge in [0.15, 0.2) is 11.8 Å². The SMILES string of the molecule is CC(=O)c1ccc(N2C(=O)C[C@H]([NH+]3CCN(S(=O)(=O)c4ccccc4)CC3)C2=O)cc1. The highest BCUT2D eigenvalue weighted by molar-refractivity contribution is 7.89. The first-order valence-corrected chi connectivity index (χ1v) is 11.6. The number of Topliss-reactive ketones (excluding diaryl/α,β-unsaturated/α-hetero) is 1. The molecule has 31 heavy (non-hydrogen) atoms. The first-order chi connectivity index (χ1) is 14.8. The largest absolute Gasteiger partial charge is 0.322 e. The van der Waals surface area contributed by atoms with E-state index >= 15 is 0 Å². The summed E-state index contributed by atoms with van der Waals surface area (Å²) in [4.78, 5) is 39.4. The minimum Gasteiger partial charge on any atom is -0.322 e. The van der Waals surface area contributed by atoms with Crippen molar-refractivity contribution < 1.29 is 27.7 Å². The van der Waals surface area contributed by atoms with Gasteiger partial charge in [-0.05, 0) is 43.3 Å². The highest BCUT2D eigenvalue weighted by Gasteiger charge is 2.47. The van der Waals surface area contributed by atoms with Gasteiger partial charge < -0.3 is 4.90 Å². The summed E-state index contributed by atoms with van der Waals surface area (Å²) in [5.41, 5.74) is 0.966. The molecule has 2 aromatic carbocycles. The van der Waals surface area contributed by atoms with Gasteiger partial charge in [0, 0.05) is 5.56 Å². The molecule has 4 rings (SSSR count). The summed E-state index contributed by atoms with van der Waals surface area (Å²) < 4.78 is 27.1. The summed E-state index contributed by atoms with van der Waals surface area (Å²) in [5.74, 6) is -0.649. The molecule has 2 heterocycles. The number of hydrogen-bond donors (Lipinski definition) is 1. The molecule has 2 aliphatic heterocycles. The fraction of sp³-hybridized carbons (Fsp3) is 0.318. The number of carbonyl (C=O) groups is 3. The van der Waals surface area contributed by atoms with Gasteiger partial charge in [0.25, 0.3) is 5.91 Å². The number of benzene rings is 2. The number of anilines is 1. The predicted octanol–water partition coefficient (Wildman–Crippen LogP) is 0.111. The van der Waals surface area contributed by atoms with Crippen molar-refractivity contribution in [3.8, 4) is 0 Å². The molecule has 1 N–H and O–H groups in total. The number of imide groups is 1. The Morgan fingerprint density at radius 2 is 1.58 bits per heavy atom. The molecule has 0 saturated carbocycles. The lowest BCUT2D eigenvalue weighted by Crippen LogP contribution is -3.19. The molecule has 2 aromatic rings. The van der Waals surface area contributed by atoms with Gasteiger partial charge in [-0.3, -0.25) is 14.4 Å². The number of sulfonamides is 1. The molecule has 0 spiro atoms. The van der Waals surface area contributed by atoms with Crippen molar-refractivity contribution in [2.75, 3.05) is 31.1 Å². The van der Waals surface area contributed by atoms with Gasteiger partial charge in [-0.25, -0.2) is 13.3 Å². The Morgan fingerprint density at radius 3 is 2.16 bits per heavy atom. The molecule has 0 aromatic heterocycles. The number of rotatable bonds is 5. The maximum atomic E-state index is 13.0. The highest BCUT2D eigenvalue weighted by atomic mass is 32.2. The van der Waals surface area contributed by atoms with Crippen molar-refractivity contribution in [1.29, 1.82) is 0 Å². The minimum atomic E-state index is -3.57. The van der Waals surface area contributed by atoms with E-state index in [1.807, 2.05) is 0 Å². The maximum absolute atomic E-state index is 13.0. The van der Waals surface area contributed by atoms with Crippen molar-refractivity contribution in [2.45, 2.75) is 24.3 Å². The quantitative estimate of drug-likeness (QED) is 0.524. The van der Waals surface area contributed by atoms with Crippen LogP contribution in [0, 0.1) is 0 Å². The number of carbonyl (C=O) groups excluding carboxylic acids is 3. The van der Waals surface area contributed by atoms with Gasteiger partial charge in [0.05, 0.1) is 43.2 Å². The number of amides is 2. The Balaban J connectivity index is 1.44. The van der Waals surface area contributed by atoms with Crippen molar-refractivity contribution in [1.82, 2.24) is 4.31 Å². The molecular formula is C22H24N3O5S+. The van der Waals surface area contributed by atoms with E-state index in [4.69, 9.17) is 0 Å². The van der Waals surface area contributed by atoms with Crippen molar-refractivity contribution in [2.24, 2.45) is 0 Å². The third kappa shape index (κ3) is 4.04. The molecule has 0 bridgehead atoms. The van der Waals surface area contributed by atoms with E-state index in [0.29, 0.717) is 24.3 Å². The molecule has 0 unspecified atom stereocenters. The Hall–Kier alpha value is -2.88. The smallest absolute Gasteiger partial charge is 0.292 e. The van der Waals surface area contributed by atoms with E-state index in [-0.39, 0.29) is 42.0 Å². The van der Waals surface area contributed by atoms with Crippen LogP contribution < -0.4 is 9.80 Å². The fourth-order valence-corrected chi connectivity index (χ4v) is 5.63. The van der Waals surface area contributed by atoms with Crippen LogP contribution in [0.3, 0.4) is 0 Å². The van der Waals surface area contributed by atoms with Gasteiger partial charge in [-0.15, -0.1) is 0 Å². The van der Waals surface area contributed by atoms with Crippen LogP contribution in [0.4, 0.5) is 5.69 Å². The lowest BCUT2D eigenvalue weighted by molar-refractivity contribution is -0.918. The van der Waals surface area contributed by atoms with Gasteiger partial charge >= 0.3 is 0 Å². The summed E-state index contributed by atoms with van der Waals surface area (Å²) in [6, 6.07) is 14.2. The molecule has 2 aliphatic rings. The molecule has 9 heteroatoms. The van der Waals surface area contributed by atoms with Crippen LogP contribution in [0.15, 0.2) is 59.5 Å². The number of piperazine rings is 1. The van der Waals surface area contributed by atoms with Crippen LogP contribution in [0.25, 0.3) is 0 Å². The third-order valence-corrected chi connectivity index (χ3v) is 7.83. The average molecular weight is 443 g/mol. The van der Waals surface area contributed by atoms with E-state index in [1.54, 1.807) is 54.6 Å². The molecule has 8 nitrogen and oxygen atoms in total. The maximum Gasteiger partial charge on any atom is 0.292 e. The Labute approximate surface area is 181 Å². The number of quaternary nitrogens is 1. The Kier molecular flexibility index (Phi) is 5.74. The van der Waals surface area contributed by atoms with Gasteiger partial charge in [-0.1, -0.05) is 18.2 Å². The molecule has 162 valence electrons. The van der Waals surface area contributed by atoms with Gasteiger partial charge in [0.1, 0.15) is 0 Å². The van der Waals surface area contributed by atoms with Crippen molar-refractivity contribution in [3.63, 3.8) is 0 Å². The zero-order valence-corrected chi connectivity index (χ0v) is 18.0. The van der Waals surface area contributed by atoms with Crippen LogP contribution >= 0.6 is 0 Å². The molecule has 0 radical (unpaired) electrons. The highest BCUT2D eigenvalue weighted by Crippen LogP contribution is 2.23. The standard InChI is InChI=1S/C22H23N3O5S/c1-16(26)17-7-9-18(10-8-17)25-21(27)15-20(22(25)28)23-11-13-24(14-12-23)31(29,30)19-5-3-2-4-6-19/h2-10,20H,11-15H2,1H3/p+1/t20-/m0/s1. The van der Waals surface area contributed by atoms with E-state index < -0.39 is 16.1 Å². The molecule has 2 saturated heterocycles. The number of ketones is 1. The minimum absolute atomic E-state index is 0.0868. The zero-order valence-electron chi connectivity index (χ0n) is 17.2. The predicted molar refractivity (Wildman–Crippen MR) is 113 cm³/mol. The van der Waals surface area contributed by atoms with E-state index in [2.05, 4.69) is 0 Å². The number of nitrogens with zero attached hydrogens (tertiary/aromatic N) is 2. The van der Waals surface area contributed by atoms with Crippen LogP contribution in [0.2, 0.25) is 0 Å². The zero-order chi connectivity index (χ0) is 22.2. The van der Waals surface area contributed by atoms with E-state index in [1.165, 1.54) is 16.1 Å². The topological polar surface area (TPSA) is 96.3 Å². The lowest BCUT2D eigenvalue weighted by Gasteiger charge is -2.33. The van der Waals surface area contributed by atoms with Crippen molar-refractivity contribution in [3.05, 3.63) is 60.2 Å². The Bertz CT molecular complexity index is 1110. The summed E-state index contributed by atoms with van der Waals surface area (Å²) in [6.45, 7) is 2.94. The monoisotopic (exact) mass is 442 g/mol. The van der Waals surface area contributed by atoms with Crippen molar-refractivity contribution >= 4 is 33.3 Å². The second kappa shape index (κ2) is 8.33. The Morgan fingerprint density at radius 1 is 0.968 bits per heavy atom. The number of nitrogens with one attached hydrogen (secondary N) is 1. The lowest BCUT2D eigenvalue weighted by atomic mass is 10.1. The van der Waals surface area contributed by atoms with Crippen LogP contribution in [0.5, 0.6) is 0 Å². The first kappa shape index (κ1) is 21.4. The van der Waals surface area contributed by atoms with E-state index in [0.717, 1.165) is 4.90 Å². The average Bonchev–Trinajstić information content (AvgIpc) is 3.08. The van der Waals surface area contributed by atoms with Gasteiger partial charge in [0.2, 0.25) is 15.9 Å². The van der Waals surface area contributed by atoms with Gasteiger partial charge in [-0.2, -0.15) is 4.31 Å². The summed E-state index contributed by atoms with van der Waals surface area (Å²) in [6.07, 6.45) is 0.0913. The summed E-state index contributed by atoms with van der Waals surface area (Å²) in [5, 5.41) is 0. The molecular weight excluding hydrogens is 418 g/mol. The normalized spacial score (nSPS) is 20.9. The second-order valence-electron chi connectivity index (χ2n) is 7.80. The van der Waals surface area contributed by atoms with Crippen LogP contribution in [0.1, 0.15) is 23.7 Å². The molecule has 2 fully saturated rings.